The highest BCUT2D eigenvalue weighted by Gasteiger charge is 2.12. The number of aryl methyl sites for hydroxylation is 3. The molecule has 3 rings (SSSR count). The number of fused-ring (bicyclic) bond motifs is 1. The summed E-state index contributed by atoms with van der Waals surface area (Å²) in [6, 6.07) is 2.14. The number of hydrogen-bond acceptors (Lipinski definition) is 5. The summed E-state index contributed by atoms with van der Waals surface area (Å²) in [5, 5.41) is 8.87. The van der Waals surface area contributed by atoms with Gasteiger partial charge in [0.25, 0.3) is 0 Å². The quantitative estimate of drug-likeness (QED) is 0.799. The van der Waals surface area contributed by atoms with E-state index in [9.17, 15) is 0 Å². The summed E-state index contributed by atoms with van der Waals surface area (Å²) in [5.41, 5.74) is 4.70. The summed E-state index contributed by atoms with van der Waals surface area (Å²) in [5.74, 6) is 0. The van der Waals surface area contributed by atoms with Crippen LogP contribution in [-0.4, -0.2) is 24.7 Å². The minimum atomic E-state index is 0.0647. The molecule has 3 aromatic heterocycles. The van der Waals surface area contributed by atoms with Gasteiger partial charge in [0.2, 0.25) is 0 Å². The summed E-state index contributed by atoms with van der Waals surface area (Å²) in [6.07, 6.45) is 5.25. The molecule has 0 fully saturated rings. The zero-order valence-corrected chi connectivity index (χ0v) is 12.6. The fraction of sp³-hybridized carbons (Fsp3) is 0.333. The second kappa shape index (κ2) is 5.12. The molecule has 6 heteroatoms. The van der Waals surface area contributed by atoms with Crippen molar-refractivity contribution in [2.45, 2.75) is 26.8 Å². The molecule has 3 heterocycles. The van der Waals surface area contributed by atoms with Crippen molar-refractivity contribution in [3.8, 4) is 0 Å². The lowest BCUT2D eigenvalue weighted by Crippen LogP contribution is -2.11. The van der Waals surface area contributed by atoms with Gasteiger partial charge in [-0.2, -0.15) is 5.10 Å². The molecular formula is C15H18N6. The minimum absolute atomic E-state index is 0.0647. The smallest absolute Gasteiger partial charge is 0.157 e. The third kappa shape index (κ3) is 2.44. The molecule has 0 amide bonds. The summed E-state index contributed by atoms with van der Waals surface area (Å²) < 4.78 is 1.80. The Labute approximate surface area is 123 Å². The van der Waals surface area contributed by atoms with Crippen molar-refractivity contribution in [2.24, 2.45) is 7.05 Å². The van der Waals surface area contributed by atoms with Gasteiger partial charge in [0, 0.05) is 24.8 Å². The molecule has 0 spiro atoms. The van der Waals surface area contributed by atoms with Crippen LogP contribution in [0.5, 0.6) is 0 Å². The van der Waals surface area contributed by atoms with Crippen LogP contribution in [0.4, 0.5) is 5.69 Å². The molecule has 0 aromatic carbocycles. The van der Waals surface area contributed by atoms with Crippen molar-refractivity contribution >= 4 is 16.7 Å². The minimum Gasteiger partial charge on any atom is -0.376 e. The van der Waals surface area contributed by atoms with Gasteiger partial charge in [0.15, 0.2) is 5.65 Å². The second-order valence-electron chi connectivity index (χ2n) is 5.20. The van der Waals surface area contributed by atoms with E-state index < -0.39 is 0 Å². The van der Waals surface area contributed by atoms with E-state index in [4.69, 9.17) is 0 Å². The van der Waals surface area contributed by atoms with E-state index in [-0.39, 0.29) is 6.04 Å². The molecule has 0 aliphatic rings. The Morgan fingerprint density at radius 2 is 1.86 bits per heavy atom. The molecule has 0 aliphatic heterocycles. The lowest BCUT2D eigenvalue weighted by molar-refractivity contribution is 0.773. The van der Waals surface area contributed by atoms with Gasteiger partial charge in [-0.15, -0.1) is 0 Å². The molecule has 21 heavy (non-hydrogen) atoms. The van der Waals surface area contributed by atoms with Gasteiger partial charge in [-0.1, -0.05) is 0 Å². The van der Waals surface area contributed by atoms with Crippen LogP contribution in [0.15, 0.2) is 24.7 Å². The third-order valence-electron chi connectivity index (χ3n) is 3.58. The molecule has 0 bridgehead atoms. The van der Waals surface area contributed by atoms with Crippen LogP contribution < -0.4 is 5.32 Å². The number of anilines is 1. The number of hydrogen-bond donors (Lipinski definition) is 1. The van der Waals surface area contributed by atoms with Crippen LogP contribution in [-0.2, 0) is 7.05 Å². The average molecular weight is 282 g/mol. The van der Waals surface area contributed by atoms with Gasteiger partial charge in [0.05, 0.1) is 35.0 Å². The monoisotopic (exact) mass is 282 g/mol. The van der Waals surface area contributed by atoms with Gasteiger partial charge < -0.3 is 5.32 Å². The van der Waals surface area contributed by atoms with Crippen molar-refractivity contribution in [1.82, 2.24) is 24.7 Å². The van der Waals surface area contributed by atoms with E-state index in [0.717, 1.165) is 33.8 Å². The molecule has 0 saturated heterocycles. The topological polar surface area (TPSA) is 68.5 Å². The van der Waals surface area contributed by atoms with Gasteiger partial charge in [-0.05, 0) is 26.8 Å². The normalized spacial score (nSPS) is 12.6. The SMILES string of the molecule is Cc1nccnc1C(C)Nc1cnc2c(c1)c(C)nn2C. The Hall–Kier alpha value is -2.50. The zero-order chi connectivity index (χ0) is 15.0. The molecule has 1 unspecified atom stereocenters. The van der Waals surface area contributed by atoms with Crippen molar-refractivity contribution in [3.05, 3.63) is 41.7 Å². The Balaban J connectivity index is 1.91. The first-order chi connectivity index (χ1) is 10.1. The highest BCUT2D eigenvalue weighted by atomic mass is 15.3. The van der Waals surface area contributed by atoms with Crippen LogP contribution in [0.1, 0.15) is 30.0 Å². The zero-order valence-electron chi connectivity index (χ0n) is 12.6. The van der Waals surface area contributed by atoms with Crippen molar-refractivity contribution in [1.29, 1.82) is 0 Å². The lowest BCUT2D eigenvalue weighted by atomic mass is 10.1. The van der Waals surface area contributed by atoms with Crippen LogP contribution in [0, 0.1) is 13.8 Å². The Kier molecular flexibility index (Phi) is 3.29. The van der Waals surface area contributed by atoms with Gasteiger partial charge in [-0.3, -0.25) is 14.6 Å². The highest BCUT2D eigenvalue weighted by molar-refractivity contribution is 5.81. The Morgan fingerprint density at radius 1 is 1.10 bits per heavy atom. The fourth-order valence-corrected chi connectivity index (χ4v) is 2.55. The van der Waals surface area contributed by atoms with E-state index in [1.165, 1.54) is 0 Å². The van der Waals surface area contributed by atoms with Crippen LogP contribution in [0.3, 0.4) is 0 Å². The molecule has 0 aliphatic carbocycles. The van der Waals surface area contributed by atoms with E-state index >= 15 is 0 Å². The average Bonchev–Trinajstić information content (AvgIpc) is 2.74. The van der Waals surface area contributed by atoms with E-state index in [0.29, 0.717) is 0 Å². The van der Waals surface area contributed by atoms with E-state index in [1.54, 1.807) is 17.1 Å². The van der Waals surface area contributed by atoms with Crippen LogP contribution in [0.2, 0.25) is 0 Å². The molecule has 0 saturated carbocycles. The molecule has 6 nitrogen and oxygen atoms in total. The van der Waals surface area contributed by atoms with E-state index in [1.807, 2.05) is 27.1 Å². The highest BCUT2D eigenvalue weighted by Crippen LogP contribution is 2.23. The number of nitrogens with zero attached hydrogens (tertiary/aromatic N) is 5. The largest absolute Gasteiger partial charge is 0.376 e. The fourth-order valence-electron chi connectivity index (χ4n) is 2.55. The van der Waals surface area contributed by atoms with Crippen molar-refractivity contribution < 1.29 is 0 Å². The third-order valence-corrected chi connectivity index (χ3v) is 3.58. The van der Waals surface area contributed by atoms with Crippen molar-refractivity contribution in [3.63, 3.8) is 0 Å². The summed E-state index contributed by atoms with van der Waals surface area (Å²) in [6.45, 7) is 6.02. The molecular weight excluding hydrogens is 264 g/mol. The number of nitrogens with one attached hydrogen (secondary N) is 1. The summed E-state index contributed by atoms with van der Waals surface area (Å²) in [7, 11) is 1.90. The molecule has 1 atom stereocenters. The maximum atomic E-state index is 4.47. The standard InChI is InChI=1S/C15H18N6/c1-9-13-7-12(8-18-15(13)21(4)20-9)19-11(3)14-10(2)16-5-6-17-14/h5-8,11,19H,1-4H3. The summed E-state index contributed by atoms with van der Waals surface area (Å²) in [4.78, 5) is 13.1. The first-order valence-corrected chi connectivity index (χ1v) is 6.89. The van der Waals surface area contributed by atoms with Gasteiger partial charge >= 0.3 is 0 Å². The van der Waals surface area contributed by atoms with E-state index in [2.05, 4.69) is 38.4 Å². The maximum absolute atomic E-state index is 4.47. The second-order valence-corrected chi connectivity index (χ2v) is 5.20. The van der Waals surface area contributed by atoms with Gasteiger partial charge in [-0.25, -0.2) is 4.98 Å². The Morgan fingerprint density at radius 3 is 2.62 bits per heavy atom. The number of rotatable bonds is 3. The first kappa shape index (κ1) is 13.5. The molecule has 3 aromatic rings. The number of aromatic nitrogens is 5. The summed E-state index contributed by atoms with van der Waals surface area (Å²) >= 11 is 0. The van der Waals surface area contributed by atoms with Crippen molar-refractivity contribution in [2.75, 3.05) is 5.32 Å². The van der Waals surface area contributed by atoms with Crippen LogP contribution in [0.25, 0.3) is 11.0 Å². The van der Waals surface area contributed by atoms with Gasteiger partial charge in [0.1, 0.15) is 0 Å². The van der Waals surface area contributed by atoms with Crippen LogP contribution >= 0.6 is 0 Å². The first-order valence-electron chi connectivity index (χ1n) is 6.89. The predicted molar refractivity (Wildman–Crippen MR) is 82.1 cm³/mol. The Bertz CT molecular complexity index is 792. The maximum Gasteiger partial charge on any atom is 0.157 e. The predicted octanol–water partition coefficient (Wildman–Crippen LogP) is 2.55. The molecule has 1 N–H and O–H groups in total. The molecule has 0 radical (unpaired) electrons. The lowest BCUT2D eigenvalue weighted by Gasteiger charge is -2.15. The molecule has 108 valence electrons. The number of pyridine rings is 1.